The van der Waals surface area contributed by atoms with Gasteiger partial charge in [-0.2, -0.15) is 0 Å². The van der Waals surface area contributed by atoms with Crippen LogP contribution in [0.5, 0.6) is 0 Å². The summed E-state index contributed by atoms with van der Waals surface area (Å²) in [6, 6.07) is 13.2. The monoisotopic (exact) mass is 357 g/mol. The number of anilines is 2. The van der Waals surface area contributed by atoms with Crippen LogP contribution in [-0.2, 0) is 20.7 Å². The van der Waals surface area contributed by atoms with E-state index in [0.717, 1.165) is 5.56 Å². The molecular formula is C19H20FN3O3. The van der Waals surface area contributed by atoms with Gasteiger partial charge < -0.3 is 20.7 Å². The predicted molar refractivity (Wildman–Crippen MR) is 96.4 cm³/mol. The summed E-state index contributed by atoms with van der Waals surface area (Å²) in [7, 11) is 0. The lowest BCUT2D eigenvalue weighted by Crippen LogP contribution is -2.45. The van der Waals surface area contributed by atoms with E-state index in [2.05, 4.69) is 16.0 Å². The first kappa shape index (κ1) is 18.0. The van der Waals surface area contributed by atoms with Crippen molar-refractivity contribution in [3.63, 3.8) is 0 Å². The molecule has 1 fully saturated rings. The van der Waals surface area contributed by atoms with Crippen molar-refractivity contribution >= 4 is 23.2 Å². The molecule has 0 radical (unpaired) electrons. The van der Waals surface area contributed by atoms with E-state index in [1.165, 1.54) is 18.2 Å². The second-order valence-electron chi connectivity index (χ2n) is 5.96. The Morgan fingerprint density at radius 1 is 1.15 bits per heavy atom. The molecule has 2 amide bonds. The summed E-state index contributed by atoms with van der Waals surface area (Å²) in [6.45, 7) is 1.59. The van der Waals surface area contributed by atoms with Gasteiger partial charge in [0.05, 0.1) is 18.7 Å². The van der Waals surface area contributed by atoms with Crippen LogP contribution in [0.1, 0.15) is 5.56 Å². The topological polar surface area (TPSA) is 79.5 Å². The minimum Gasteiger partial charge on any atom is -0.366 e. The molecule has 0 saturated carbocycles. The number of ether oxygens (including phenoxy) is 1. The van der Waals surface area contributed by atoms with Crippen molar-refractivity contribution in [2.45, 2.75) is 12.5 Å². The number of rotatable bonds is 5. The van der Waals surface area contributed by atoms with Gasteiger partial charge >= 0.3 is 0 Å². The van der Waals surface area contributed by atoms with Crippen molar-refractivity contribution in [2.24, 2.45) is 0 Å². The number of morpholine rings is 1. The van der Waals surface area contributed by atoms with E-state index in [1.54, 1.807) is 0 Å². The van der Waals surface area contributed by atoms with Gasteiger partial charge in [-0.15, -0.1) is 0 Å². The Bertz CT molecular complexity index is 777. The Hall–Kier alpha value is -2.77. The van der Waals surface area contributed by atoms with E-state index in [4.69, 9.17) is 4.74 Å². The summed E-state index contributed by atoms with van der Waals surface area (Å²) < 4.78 is 19.4. The van der Waals surface area contributed by atoms with E-state index in [1.807, 2.05) is 30.3 Å². The lowest BCUT2D eigenvalue weighted by Gasteiger charge is -2.22. The van der Waals surface area contributed by atoms with Gasteiger partial charge in [-0.1, -0.05) is 30.3 Å². The first-order chi connectivity index (χ1) is 12.6. The van der Waals surface area contributed by atoms with Crippen molar-refractivity contribution in [3.8, 4) is 0 Å². The third kappa shape index (κ3) is 4.87. The van der Waals surface area contributed by atoms with Gasteiger partial charge in [-0.05, 0) is 23.8 Å². The standard InChI is InChI=1S/C19H20FN3O3/c20-15-7-6-14(22-19(25)17-12-21-8-9-26-17)11-16(15)23-18(24)10-13-4-2-1-3-5-13/h1-7,11,17,21H,8-10,12H2,(H,22,25)(H,23,24). The zero-order chi connectivity index (χ0) is 18.4. The second kappa shape index (κ2) is 8.55. The van der Waals surface area contributed by atoms with Crippen molar-refractivity contribution in [1.29, 1.82) is 0 Å². The normalized spacial score (nSPS) is 16.7. The van der Waals surface area contributed by atoms with E-state index in [-0.39, 0.29) is 23.9 Å². The van der Waals surface area contributed by atoms with Gasteiger partial charge in [0.2, 0.25) is 5.91 Å². The number of nitrogens with one attached hydrogen (secondary N) is 3. The van der Waals surface area contributed by atoms with Crippen LogP contribution in [0.3, 0.4) is 0 Å². The molecule has 1 saturated heterocycles. The highest BCUT2D eigenvalue weighted by molar-refractivity contribution is 5.96. The van der Waals surface area contributed by atoms with Crippen LogP contribution in [0.25, 0.3) is 0 Å². The molecule has 3 N–H and O–H groups in total. The number of amides is 2. The number of carbonyl (C=O) groups excluding carboxylic acids is 2. The van der Waals surface area contributed by atoms with Crippen LogP contribution in [0.4, 0.5) is 15.8 Å². The van der Waals surface area contributed by atoms with Crippen molar-refractivity contribution in [1.82, 2.24) is 5.32 Å². The van der Waals surface area contributed by atoms with Gasteiger partial charge in [-0.25, -0.2) is 4.39 Å². The highest BCUT2D eigenvalue weighted by Crippen LogP contribution is 2.20. The highest BCUT2D eigenvalue weighted by atomic mass is 19.1. The van der Waals surface area contributed by atoms with Gasteiger partial charge in [0.1, 0.15) is 11.9 Å². The van der Waals surface area contributed by atoms with Gasteiger partial charge in [0.25, 0.3) is 5.91 Å². The van der Waals surface area contributed by atoms with Crippen LogP contribution in [0, 0.1) is 5.82 Å². The molecule has 1 aliphatic heterocycles. The van der Waals surface area contributed by atoms with E-state index in [9.17, 15) is 14.0 Å². The smallest absolute Gasteiger partial charge is 0.254 e. The maximum Gasteiger partial charge on any atom is 0.254 e. The van der Waals surface area contributed by atoms with E-state index >= 15 is 0 Å². The van der Waals surface area contributed by atoms with Gasteiger partial charge in [-0.3, -0.25) is 9.59 Å². The lowest BCUT2D eigenvalue weighted by atomic mass is 10.1. The van der Waals surface area contributed by atoms with E-state index < -0.39 is 11.9 Å². The molecule has 7 heteroatoms. The van der Waals surface area contributed by atoms with Gasteiger partial charge in [0, 0.05) is 18.8 Å². The summed E-state index contributed by atoms with van der Waals surface area (Å²) in [5.41, 5.74) is 1.24. The summed E-state index contributed by atoms with van der Waals surface area (Å²) in [5, 5.41) is 8.29. The van der Waals surface area contributed by atoms with Crippen LogP contribution < -0.4 is 16.0 Å². The van der Waals surface area contributed by atoms with Crippen LogP contribution in [0.2, 0.25) is 0 Å². The van der Waals surface area contributed by atoms with Crippen molar-refractivity contribution < 1.29 is 18.7 Å². The fourth-order valence-corrected chi connectivity index (χ4v) is 2.63. The molecule has 26 heavy (non-hydrogen) atoms. The Labute approximate surface area is 150 Å². The van der Waals surface area contributed by atoms with Crippen LogP contribution >= 0.6 is 0 Å². The minimum absolute atomic E-state index is 0.0198. The third-order valence-electron chi connectivity index (χ3n) is 3.94. The molecule has 0 spiro atoms. The lowest BCUT2D eigenvalue weighted by molar-refractivity contribution is -0.128. The summed E-state index contributed by atoms with van der Waals surface area (Å²) >= 11 is 0. The Balaban J connectivity index is 1.63. The van der Waals surface area contributed by atoms with Crippen LogP contribution in [-0.4, -0.2) is 37.6 Å². The number of hydrogen-bond acceptors (Lipinski definition) is 4. The Kier molecular flexibility index (Phi) is 5.93. The molecule has 136 valence electrons. The number of carbonyl (C=O) groups is 2. The molecule has 2 aromatic rings. The predicted octanol–water partition coefficient (Wildman–Crippen LogP) is 1.93. The Morgan fingerprint density at radius 2 is 1.96 bits per heavy atom. The summed E-state index contributed by atoms with van der Waals surface area (Å²) in [4.78, 5) is 24.3. The maximum atomic E-state index is 14.0. The average Bonchev–Trinajstić information content (AvgIpc) is 2.66. The first-order valence-corrected chi connectivity index (χ1v) is 8.38. The minimum atomic E-state index is -0.593. The summed E-state index contributed by atoms with van der Waals surface area (Å²) in [6.07, 6.45) is -0.455. The molecular weight excluding hydrogens is 337 g/mol. The highest BCUT2D eigenvalue weighted by Gasteiger charge is 2.22. The Morgan fingerprint density at radius 3 is 2.69 bits per heavy atom. The number of halogens is 1. The summed E-state index contributed by atoms with van der Waals surface area (Å²) in [5.74, 6) is -1.22. The average molecular weight is 357 g/mol. The number of hydrogen-bond donors (Lipinski definition) is 3. The molecule has 1 atom stereocenters. The first-order valence-electron chi connectivity index (χ1n) is 8.38. The molecule has 6 nitrogen and oxygen atoms in total. The molecule has 1 aliphatic rings. The molecule has 2 aromatic carbocycles. The SMILES string of the molecule is O=C(Cc1ccccc1)Nc1cc(NC(=O)C2CNCCO2)ccc1F. The quantitative estimate of drug-likeness (QED) is 0.764. The largest absolute Gasteiger partial charge is 0.366 e. The number of benzene rings is 2. The fourth-order valence-electron chi connectivity index (χ4n) is 2.63. The second-order valence-corrected chi connectivity index (χ2v) is 5.96. The van der Waals surface area contributed by atoms with E-state index in [0.29, 0.717) is 25.4 Å². The third-order valence-corrected chi connectivity index (χ3v) is 3.94. The van der Waals surface area contributed by atoms with Crippen molar-refractivity contribution in [3.05, 3.63) is 59.9 Å². The molecule has 1 unspecified atom stereocenters. The molecule has 0 aliphatic carbocycles. The zero-order valence-corrected chi connectivity index (χ0v) is 14.1. The zero-order valence-electron chi connectivity index (χ0n) is 14.1. The maximum absolute atomic E-state index is 14.0. The molecule has 1 heterocycles. The molecule has 3 rings (SSSR count). The fraction of sp³-hybridized carbons (Fsp3) is 0.263. The molecule has 0 aromatic heterocycles. The van der Waals surface area contributed by atoms with Crippen molar-refractivity contribution in [2.75, 3.05) is 30.3 Å². The van der Waals surface area contributed by atoms with Crippen LogP contribution in [0.15, 0.2) is 48.5 Å². The van der Waals surface area contributed by atoms with Gasteiger partial charge in [0.15, 0.2) is 0 Å². The molecule has 0 bridgehead atoms.